The number of para-hydroxylation sites is 6. The molecule has 0 aliphatic heterocycles. The molecule has 0 saturated heterocycles. The lowest BCUT2D eigenvalue weighted by Crippen LogP contribution is -2.49. The summed E-state index contributed by atoms with van der Waals surface area (Å²) in [4.78, 5) is 16.9. The van der Waals surface area contributed by atoms with Gasteiger partial charge in [-0.15, -0.1) is 0 Å². The first-order chi connectivity index (χ1) is 36.1. The van der Waals surface area contributed by atoms with Crippen molar-refractivity contribution in [3.8, 4) is 51.0 Å². The highest BCUT2D eigenvalue weighted by Gasteiger charge is 2.53. The maximum atomic E-state index is 5.80. The normalized spacial score (nSPS) is 19.4. The van der Waals surface area contributed by atoms with Gasteiger partial charge in [-0.2, -0.15) is 0 Å². The lowest BCUT2D eigenvalue weighted by molar-refractivity contribution is -0.00938. The van der Waals surface area contributed by atoms with Crippen molar-refractivity contribution < 1.29 is 0 Å². The van der Waals surface area contributed by atoms with E-state index in [0.29, 0.717) is 0 Å². The SMILES string of the molecule is c1ccc(-c2nc(-c3cc(-c4ccccc4-n4c5ccccc5c5ccccc54)ccc3-n3c4ccccc4c4cc(-n5c6ccccc6c6ccccc65)ccc43)nc(C34CC5CC(CC(C5)C3)C4)n2)cc1. The van der Waals surface area contributed by atoms with Gasteiger partial charge in [-0.05, 0) is 129 Å². The van der Waals surface area contributed by atoms with Crippen LogP contribution in [0.4, 0.5) is 0 Å². The zero-order chi connectivity index (χ0) is 47.8. The average molecular weight is 939 g/mol. The lowest BCUT2D eigenvalue weighted by Gasteiger charge is -2.56. The Balaban J connectivity index is 0.964. The minimum Gasteiger partial charge on any atom is -0.309 e. The molecule has 4 fully saturated rings. The van der Waals surface area contributed by atoms with Crippen LogP contribution < -0.4 is 0 Å². The van der Waals surface area contributed by atoms with E-state index >= 15 is 0 Å². The molecule has 6 nitrogen and oxygen atoms in total. The van der Waals surface area contributed by atoms with E-state index in [9.17, 15) is 0 Å². The fourth-order valence-corrected chi connectivity index (χ4v) is 14.6. The van der Waals surface area contributed by atoms with Crippen LogP contribution in [0.25, 0.3) is 116 Å². The number of aromatic nitrogens is 6. The maximum absolute atomic E-state index is 5.80. The van der Waals surface area contributed by atoms with Crippen LogP contribution in [0.5, 0.6) is 0 Å². The number of rotatable bonds is 7. The highest BCUT2D eigenvalue weighted by molar-refractivity contribution is 6.13. The van der Waals surface area contributed by atoms with E-state index in [1.54, 1.807) is 0 Å². The van der Waals surface area contributed by atoms with Gasteiger partial charge >= 0.3 is 0 Å². The molecule has 13 aromatic rings. The second-order valence-corrected chi connectivity index (χ2v) is 21.4. The average Bonchev–Trinajstić information content (AvgIpc) is 4.08. The molecular weight excluding hydrogens is 889 g/mol. The van der Waals surface area contributed by atoms with E-state index in [0.717, 1.165) is 105 Å². The van der Waals surface area contributed by atoms with Crippen molar-refractivity contribution in [1.82, 2.24) is 28.7 Å². The number of hydrogen-bond donors (Lipinski definition) is 0. The molecule has 17 rings (SSSR count). The second kappa shape index (κ2) is 15.7. The summed E-state index contributed by atoms with van der Waals surface area (Å²) >= 11 is 0. The van der Waals surface area contributed by atoms with E-state index in [2.05, 4.69) is 226 Å². The van der Waals surface area contributed by atoms with Gasteiger partial charge in [0.2, 0.25) is 0 Å². The van der Waals surface area contributed by atoms with Crippen LogP contribution in [0.3, 0.4) is 0 Å². The molecule has 4 heterocycles. The van der Waals surface area contributed by atoms with Crippen molar-refractivity contribution in [1.29, 1.82) is 0 Å². The van der Waals surface area contributed by atoms with Gasteiger partial charge in [-0.25, -0.2) is 15.0 Å². The Morgan fingerprint density at radius 3 is 1.36 bits per heavy atom. The van der Waals surface area contributed by atoms with Gasteiger partial charge in [-0.1, -0.05) is 146 Å². The third-order valence-corrected chi connectivity index (χ3v) is 17.2. The minimum atomic E-state index is -0.0487. The highest BCUT2D eigenvalue weighted by Crippen LogP contribution is 2.60. The minimum absolute atomic E-state index is 0.0487. The van der Waals surface area contributed by atoms with E-state index in [1.165, 1.54) is 73.6 Å². The Bertz CT molecular complexity index is 4240. The van der Waals surface area contributed by atoms with Crippen molar-refractivity contribution >= 4 is 65.4 Å². The molecule has 0 atom stereocenters. The summed E-state index contributed by atoms with van der Waals surface area (Å²) in [5, 5.41) is 7.38. The fraction of sp³-hybridized carbons (Fsp3) is 0.149. The Labute approximate surface area is 422 Å². The summed E-state index contributed by atoms with van der Waals surface area (Å²) in [5.41, 5.74) is 14.5. The molecule has 0 unspecified atom stereocenters. The monoisotopic (exact) mass is 938 g/mol. The zero-order valence-electron chi connectivity index (χ0n) is 40.4. The molecule has 0 radical (unpaired) electrons. The summed E-state index contributed by atoms with van der Waals surface area (Å²) < 4.78 is 7.33. The molecule has 0 N–H and O–H groups in total. The summed E-state index contributed by atoms with van der Waals surface area (Å²) in [6.45, 7) is 0. The fourth-order valence-electron chi connectivity index (χ4n) is 14.6. The first kappa shape index (κ1) is 41.1. The predicted molar refractivity (Wildman–Crippen MR) is 299 cm³/mol. The topological polar surface area (TPSA) is 53.5 Å². The van der Waals surface area contributed by atoms with Gasteiger partial charge in [0.15, 0.2) is 11.6 Å². The van der Waals surface area contributed by atoms with Crippen molar-refractivity contribution in [3.05, 3.63) is 218 Å². The molecule has 0 amide bonds. The molecule has 4 aliphatic carbocycles. The van der Waals surface area contributed by atoms with Crippen molar-refractivity contribution in [2.45, 2.75) is 43.9 Å². The van der Waals surface area contributed by atoms with Crippen LogP contribution in [0.15, 0.2) is 212 Å². The van der Waals surface area contributed by atoms with Crippen LogP contribution in [0.1, 0.15) is 44.3 Å². The molecule has 4 saturated carbocycles. The largest absolute Gasteiger partial charge is 0.309 e. The molecule has 0 spiro atoms. The van der Waals surface area contributed by atoms with Crippen molar-refractivity contribution in [2.75, 3.05) is 0 Å². The van der Waals surface area contributed by atoms with E-state index in [-0.39, 0.29) is 5.41 Å². The maximum Gasteiger partial charge on any atom is 0.165 e. The Morgan fingerprint density at radius 1 is 0.329 bits per heavy atom. The van der Waals surface area contributed by atoms with Gasteiger partial charge in [-0.3, -0.25) is 0 Å². The second-order valence-electron chi connectivity index (χ2n) is 21.4. The third-order valence-electron chi connectivity index (χ3n) is 17.2. The number of fused-ring (bicyclic) bond motifs is 9. The molecule has 6 heteroatoms. The smallest absolute Gasteiger partial charge is 0.165 e. The zero-order valence-corrected chi connectivity index (χ0v) is 40.4. The Kier molecular flexibility index (Phi) is 8.83. The van der Waals surface area contributed by atoms with Gasteiger partial charge < -0.3 is 13.7 Å². The standard InChI is InChI=1S/C67H50N6/c1-2-16-45(17-3-1)64-68-65(70-66(69-64)67-39-42-34-43(40-67)36-44(35-42)41-67)55-37-46(48-18-4-10-24-56(48)72-59-27-13-7-21-51(59)52-22-8-14-28-60(52)72)30-32-63(55)73-61-29-15-9-23-53(61)54-38-47(31-33-62(54)73)71-57-25-11-5-19-49(57)50-20-6-12-26-58(50)71/h1-33,37-38,42-44H,34-36,39-41H2. The Hall–Kier alpha value is -8.61. The number of nitrogens with zero attached hydrogens (tertiary/aromatic N) is 6. The summed E-state index contributed by atoms with van der Waals surface area (Å²) in [7, 11) is 0. The summed E-state index contributed by atoms with van der Waals surface area (Å²) in [6.07, 6.45) is 7.55. The predicted octanol–water partition coefficient (Wildman–Crippen LogP) is 16.6. The molecule has 9 aromatic carbocycles. The highest BCUT2D eigenvalue weighted by atomic mass is 15.1. The molecule has 348 valence electrons. The van der Waals surface area contributed by atoms with Crippen molar-refractivity contribution in [2.24, 2.45) is 17.8 Å². The number of benzene rings is 9. The van der Waals surface area contributed by atoms with Crippen LogP contribution in [0, 0.1) is 17.8 Å². The molecular formula is C67H50N6. The quantitative estimate of drug-likeness (QED) is 0.160. The van der Waals surface area contributed by atoms with E-state index in [1.807, 2.05) is 0 Å². The van der Waals surface area contributed by atoms with Crippen LogP contribution in [-0.4, -0.2) is 28.7 Å². The molecule has 4 aromatic heterocycles. The first-order valence-electron chi connectivity index (χ1n) is 26.2. The van der Waals surface area contributed by atoms with Crippen LogP contribution in [0.2, 0.25) is 0 Å². The van der Waals surface area contributed by atoms with E-state index in [4.69, 9.17) is 15.0 Å². The van der Waals surface area contributed by atoms with Gasteiger partial charge in [0.1, 0.15) is 5.82 Å². The van der Waals surface area contributed by atoms with E-state index < -0.39 is 0 Å². The third kappa shape index (κ3) is 6.19. The summed E-state index contributed by atoms with van der Waals surface area (Å²) in [6, 6.07) is 77.5. The first-order valence-corrected chi connectivity index (χ1v) is 26.2. The molecule has 4 bridgehead atoms. The molecule has 4 aliphatic rings. The van der Waals surface area contributed by atoms with Crippen LogP contribution >= 0.6 is 0 Å². The van der Waals surface area contributed by atoms with Crippen LogP contribution in [-0.2, 0) is 5.41 Å². The Morgan fingerprint density at radius 2 is 0.781 bits per heavy atom. The molecule has 73 heavy (non-hydrogen) atoms. The lowest BCUT2D eigenvalue weighted by atomic mass is 9.49. The van der Waals surface area contributed by atoms with Gasteiger partial charge in [0.05, 0.1) is 44.5 Å². The van der Waals surface area contributed by atoms with Gasteiger partial charge in [0.25, 0.3) is 0 Å². The number of hydrogen-bond acceptors (Lipinski definition) is 3. The summed E-state index contributed by atoms with van der Waals surface area (Å²) in [5.74, 6) is 4.68. The van der Waals surface area contributed by atoms with Gasteiger partial charge in [0, 0.05) is 60.1 Å². The van der Waals surface area contributed by atoms with Crippen molar-refractivity contribution in [3.63, 3.8) is 0 Å².